The Morgan fingerprint density at radius 3 is 3.12 bits per heavy atom. The van der Waals surface area contributed by atoms with Crippen LogP contribution < -0.4 is 5.32 Å². The lowest BCUT2D eigenvalue weighted by molar-refractivity contribution is 0.613. The lowest BCUT2D eigenvalue weighted by atomic mass is 10.2. The first-order valence-electron chi connectivity index (χ1n) is 5.14. The Morgan fingerprint density at radius 2 is 2.50 bits per heavy atom. The van der Waals surface area contributed by atoms with Gasteiger partial charge in [-0.05, 0) is 25.1 Å². The molecule has 0 aromatic carbocycles. The molecule has 0 saturated heterocycles. The lowest BCUT2D eigenvalue weighted by Gasteiger charge is -2.08. The van der Waals surface area contributed by atoms with Gasteiger partial charge in [0.25, 0.3) is 0 Å². The molecule has 1 heterocycles. The van der Waals surface area contributed by atoms with E-state index in [1.54, 1.807) is 18.0 Å². The third kappa shape index (κ3) is 4.40. The molecule has 5 heteroatoms. The number of aromatic nitrogens is 1. The summed E-state index contributed by atoms with van der Waals surface area (Å²) < 4.78 is 0. The molecule has 0 amide bonds. The summed E-state index contributed by atoms with van der Waals surface area (Å²) in [5.41, 5.74) is 0. The molecule has 16 heavy (non-hydrogen) atoms. The van der Waals surface area contributed by atoms with Crippen LogP contribution >= 0.6 is 23.4 Å². The van der Waals surface area contributed by atoms with Crippen molar-refractivity contribution in [2.45, 2.75) is 24.4 Å². The molecule has 86 valence electrons. The quantitative estimate of drug-likeness (QED) is 0.794. The topological polar surface area (TPSA) is 48.7 Å². The van der Waals surface area contributed by atoms with Gasteiger partial charge in [-0.3, -0.25) is 0 Å². The van der Waals surface area contributed by atoms with Crippen LogP contribution in [-0.2, 0) is 0 Å². The van der Waals surface area contributed by atoms with E-state index in [1.165, 1.54) is 0 Å². The van der Waals surface area contributed by atoms with E-state index in [-0.39, 0.29) is 6.04 Å². The van der Waals surface area contributed by atoms with E-state index in [1.807, 2.05) is 19.1 Å². The third-order valence-electron chi connectivity index (χ3n) is 1.98. The fraction of sp³-hybridized carbons (Fsp3) is 0.455. The number of rotatable bonds is 6. The maximum absolute atomic E-state index is 8.85. The van der Waals surface area contributed by atoms with Gasteiger partial charge in [-0.15, -0.1) is 11.8 Å². The van der Waals surface area contributed by atoms with E-state index in [9.17, 15) is 0 Å². The number of hydrogen-bond acceptors (Lipinski definition) is 4. The van der Waals surface area contributed by atoms with Crippen LogP contribution in [0.2, 0.25) is 5.02 Å². The first-order valence-corrected chi connectivity index (χ1v) is 6.50. The normalized spacial score (nSPS) is 12.1. The van der Waals surface area contributed by atoms with Crippen LogP contribution in [-0.4, -0.2) is 23.3 Å². The summed E-state index contributed by atoms with van der Waals surface area (Å²) >= 11 is 7.55. The van der Waals surface area contributed by atoms with Crippen LogP contribution in [0.4, 0.5) is 0 Å². The molecule has 0 aliphatic heterocycles. The fourth-order valence-corrected chi connectivity index (χ4v) is 2.38. The van der Waals surface area contributed by atoms with Crippen molar-refractivity contribution in [3.05, 3.63) is 23.4 Å². The van der Waals surface area contributed by atoms with Gasteiger partial charge in [0.05, 0.1) is 17.1 Å². The van der Waals surface area contributed by atoms with Gasteiger partial charge in [0.2, 0.25) is 0 Å². The van der Waals surface area contributed by atoms with Crippen molar-refractivity contribution >= 4 is 23.4 Å². The van der Waals surface area contributed by atoms with Crippen molar-refractivity contribution in [1.29, 1.82) is 5.26 Å². The first-order chi connectivity index (χ1) is 7.77. The lowest BCUT2D eigenvalue weighted by Crippen LogP contribution is -2.27. The number of nitrogens with zero attached hydrogens (tertiary/aromatic N) is 2. The summed E-state index contributed by atoms with van der Waals surface area (Å²) in [5, 5.41) is 13.5. The van der Waals surface area contributed by atoms with Gasteiger partial charge in [0.1, 0.15) is 5.03 Å². The number of halogens is 1. The predicted molar refractivity (Wildman–Crippen MR) is 67.7 cm³/mol. The van der Waals surface area contributed by atoms with Gasteiger partial charge in [-0.25, -0.2) is 4.98 Å². The molecule has 0 saturated carbocycles. The second kappa shape index (κ2) is 7.50. The number of thioether (sulfide) groups is 1. The van der Waals surface area contributed by atoms with Gasteiger partial charge in [0, 0.05) is 11.9 Å². The summed E-state index contributed by atoms with van der Waals surface area (Å²) in [6.07, 6.45) is 2.52. The Kier molecular flexibility index (Phi) is 6.24. The van der Waals surface area contributed by atoms with Crippen molar-refractivity contribution in [2.24, 2.45) is 0 Å². The van der Waals surface area contributed by atoms with Crippen molar-refractivity contribution in [1.82, 2.24) is 10.3 Å². The average molecular weight is 256 g/mol. The van der Waals surface area contributed by atoms with Gasteiger partial charge in [-0.1, -0.05) is 18.5 Å². The van der Waals surface area contributed by atoms with Crippen LogP contribution in [0.15, 0.2) is 23.4 Å². The summed E-state index contributed by atoms with van der Waals surface area (Å²) in [4.78, 5) is 4.17. The molecule has 0 bridgehead atoms. The highest BCUT2D eigenvalue weighted by Crippen LogP contribution is 2.24. The molecule has 0 spiro atoms. The molecular formula is C11H14ClN3S. The maximum Gasteiger partial charge on any atom is 0.115 e. The summed E-state index contributed by atoms with van der Waals surface area (Å²) in [6, 6.07) is 5.77. The number of hydrogen-bond donors (Lipinski definition) is 1. The van der Waals surface area contributed by atoms with Crippen LogP contribution in [0.3, 0.4) is 0 Å². The van der Waals surface area contributed by atoms with E-state index >= 15 is 0 Å². The van der Waals surface area contributed by atoms with Crippen LogP contribution in [0.25, 0.3) is 0 Å². The monoisotopic (exact) mass is 255 g/mol. The summed E-state index contributed by atoms with van der Waals surface area (Å²) in [5.74, 6) is 0.835. The van der Waals surface area contributed by atoms with E-state index in [0.29, 0.717) is 5.02 Å². The Labute approximate surface area is 105 Å². The molecule has 0 fully saturated rings. The zero-order valence-electron chi connectivity index (χ0n) is 9.11. The Morgan fingerprint density at radius 1 is 1.69 bits per heavy atom. The minimum atomic E-state index is -0.0833. The molecule has 0 aliphatic rings. The molecule has 1 unspecified atom stereocenters. The second-order valence-corrected chi connectivity index (χ2v) is 4.66. The van der Waals surface area contributed by atoms with Crippen molar-refractivity contribution in [3.63, 3.8) is 0 Å². The summed E-state index contributed by atoms with van der Waals surface area (Å²) in [6.45, 7) is 2.81. The van der Waals surface area contributed by atoms with Crippen LogP contribution in [0, 0.1) is 11.3 Å². The highest BCUT2D eigenvalue weighted by molar-refractivity contribution is 7.99. The van der Waals surface area contributed by atoms with E-state index in [2.05, 4.69) is 16.4 Å². The maximum atomic E-state index is 8.85. The summed E-state index contributed by atoms with van der Waals surface area (Å²) in [7, 11) is 0. The zero-order chi connectivity index (χ0) is 11.8. The van der Waals surface area contributed by atoms with E-state index in [0.717, 1.165) is 23.7 Å². The minimum absolute atomic E-state index is 0.0833. The van der Waals surface area contributed by atoms with Crippen molar-refractivity contribution < 1.29 is 0 Å². The van der Waals surface area contributed by atoms with Gasteiger partial charge < -0.3 is 5.32 Å². The SMILES string of the molecule is CCNC(C#N)CCSc1ncccc1Cl. The van der Waals surface area contributed by atoms with Crippen molar-refractivity contribution in [3.8, 4) is 6.07 Å². The largest absolute Gasteiger partial charge is 0.302 e. The molecule has 0 aliphatic carbocycles. The molecule has 1 aromatic rings. The van der Waals surface area contributed by atoms with Gasteiger partial charge >= 0.3 is 0 Å². The molecule has 1 rings (SSSR count). The number of pyridine rings is 1. The molecule has 0 radical (unpaired) electrons. The minimum Gasteiger partial charge on any atom is -0.302 e. The molecule has 1 aromatic heterocycles. The standard InChI is InChI=1S/C11H14ClN3S/c1-2-14-9(8-13)5-7-16-11-10(12)4-3-6-15-11/h3-4,6,9,14H,2,5,7H2,1H3. The first kappa shape index (κ1) is 13.3. The molecule has 1 atom stereocenters. The Bertz CT molecular complexity index is 364. The number of nitriles is 1. The smallest absolute Gasteiger partial charge is 0.115 e. The zero-order valence-corrected chi connectivity index (χ0v) is 10.7. The van der Waals surface area contributed by atoms with Crippen molar-refractivity contribution in [2.75, 3.05) is 12.3 Å². The second-order valence-electron chi connectivity index (χ2n) is 3.17. The van der Waals surface area contributed by atoms with Crippen LogP contribution in [0.5, 0.6) is 0 Å². The highest BCUT2D eigenvalue weighted by atomic mass is 35.5. The predicted octanol–water partition coefficient (Wildman–Crippen LogP) is 2.72. The highest BCUT2D eigenvalue weighted by Gasteiger charge is 2.06. The Balaban J connectivity index is 2.36. The molecular weight excluding hydrogens is 242 g/mol. The average Bonchev–Trinajstić information content (AvgIpc) is 2.30. The third-order valence-corrected chi connectivity index (χ3v) is 3.43. The fourth-order valence-electron chi connectivity index (χ4n) is 1.21. The molecule has 1 N–H and O–H groups in total. The van der Waals surface area contributed by atoms with E-state index in [4.69, 9.17) is 16.9 Å². The van der Waals surface area contributed by atoms with Gasteiger partial charge in [-0.2, -0.15) is 5.26 Å². The van der Waals surface area contributed by atoms with Crippen LogP contribution in [0.1, 0.15) is 13.3 Å². The molecule has 3 nitrogen and oxygen atoms in total. The van der Waals surface area contributed by atoms with Gasteiger partial charge in [0.15, 0.2) is 0 Å². The van der Waals surface area contributed by atoms with E-state index < -0.39 is 0 Å². The number of nitrogens with one attached hydrogen (secondary N) is 1. The Hall–Kier alpha value is -0.760.